The molecule has 0 heterocycles. The summed E-state index contributed by atoms with van der Waals surface area (Å²) >= 11 is 0. The van der Waals surface area contributed by atoms with Crippen LogP contribution in [0.25, 0.3) is 0 Å². The molecular formula is C22H40O4. The Morgan fingerprint density at radius 3 is 2.12 bits per heavy atom. The molecule has 0 rings (SSSR count). The van der Waals surface area contributed by atoms with Gasteiger partial charge in [-0.3, -0.25) is 9.59 Å². The van der Waals surface area contributed by atoms with Gasteiger partial charge in [0.2, 0.25) is 0 Å². The molecule has 0 aliphatic heterocycles. The lowest BCUT2D eigenvalue weighted by Gasteiger charge is -2.17. The summed E-state index contributed by atoms with van der Waals surface area (Å²) in [4.78, 5) is 22.5. The quantitative estimate of drug-likeness (QED) is 0.172. The normalized spacial score (nSPS) is 12.4. The molecule has 1 atom stereocenters. The van der Waals surface area contributed by atoms with Crippen LogP contribution < -0.4 is 0 Å². The molecule has 0 aromatic carbocycles. The number of unbranched alkanes of at least 4 members (excludes halogenated alkanes) is 7. The molecule has 1 unspecified atom stereocenters. The predicted octanol–water partition coefficient (Wildman–Crippen LogP) is 6.43. The van der Waals surface area contributed by atoms with Gasteiger partial charge >= 0.3 is 11.9 Å². The fourth-order valence-corrected chi connectivity index (χ4v) is 2.93. The monoisotopic (exact) mass is 368 g/mol. The number of rotatable bonds is 18. The third kappa shape index (κ3) is 17.5. The van der Waals surface area contributed by atoms with Crippen LogP contribution in [0.15, 0.2) is 12.2 Å². The Labute approximate surface area is 160 Å². The number of carboxylic acid groups (broad SMARTS) is 1. The van der Waals surface area contributed by atoms with Gasteiger partial charge in [-0.05, 0) is 44.9 Å². The predicted molar refractivity (Wildman–Crippen MR) is 107 cm³/mol. The van der Waals surface area contributed by atoms with E-state index in [9.17, 15) is 9.59 Å². The Kier molecular flexibility index (Phi) is 17.5. The first kappa shape index (κ1) is 24.7. The van der Waals surface area contributed by atoms with E-state index in [1.165, 1.54) is 44.9 Å². The van der Waals surface area contributed by atoms with Crippen LogP contribution in [0.4, 0.5) is 0 Å². The highest BCUT2D eigenvalue weighted by molar-refractivity contribution is 5.69. The number of aliphatic carboxylic acids is 1. The largest absolute Gasteiger partial charge is 0.481 e. The summed E-state index contributed by atoms with van der Waals surface area (Å²) in [5.41, 5.74) is 0. The van der Waals surface area contributed by atoms with Crippen molar-refractivity contribution >= 4 is 11.9 Å². The van der Waals surface area contributed by atoms with E-state index in [-0.39, 0.29) is 18.5 Å². The second kappa shape index (κ2) is 18.5. The van der Waals surface area contributed by atoms with E-state index in [4.69, 9.17) is 9.84 Å². The van der Waals surface area contributed by atoms with Crippen LogP contribution in [-0.2, 0) is 14.3 Å². The van der Waals surface area contributed by atoms with Crippen LogP contribution in [-0.4, -0.2) is 23.1 Å². The van der Waals surface area contributed by atoms with Crippen molar-refractivity contribution in [3.05, 3.63) is 12.2 Å². The smallest absolute Gasteiger partial charge is 0.306 e. The molecule has 0 fully saturated rings. The molecule has 0 bridgehead atoms. The molecule has 0 saturated carbocycles. The minimum absolute atomic E-state index is 0.119. The number of carbonyl (C=O) groups excluding carboxylic acids is 1. The van der Waals surface area contributed by atoms with Gasteiger partial charge < -0.3 is 9.84 Å². The second-order valence-corrected chi connectivity index (χ2v) is 7.11. The molecule has 1 N–H and O–H groups in total. The number of carboxylic acids is 1. The highest BCUT2D eigenvalue weighted by Gasteiger charge is 2.14. The van der Waals surface area contributed by atoms with Crippen molar-refractivity contribution in [1.29, 1.82) is 0 Å². The van der Waals surface area contributed by atoms with Crippen LogP contribution in [0.1, 0.15) is 110 Å². The fraction of sp³-hybridized carbons (Fsp3) is 0.818. The number of allylic oxidation sites excluding steroid dienone is 2. The molecule has 152 valence electrons. The maximum atomic E-state index is 11.9. The van der Waals surface area contributed by atoms with Crippen molar-refractivity contribution in [2.24, 2.45) is 0 Å². The van der Waals surface area contributed by atoms with E-state index in [2.05, 4.69) is 26.0 Å². The van der Waals surface area contributed by atoms with Crippen molar-refractivity contribution < 1.29 is 19.4 Å². The maximum absolute atomic E-state index is 11.9. The summed E-state index contributed by atoms with van der Waals surface area (Å²) in [6, 6.07) is 0. The number of hydrogen-bond donors (Lipinski definition) is 1. The summed E-state index contributed by atoms with van der Waals surface area (Å²) in [5.74, 6) is -0.916. The van der Waals surface area contributed by atoms with Gasteiger partial charge in [-0.2, -0.15) is 0 Å². The molecule has 0 spiro atoms. The molecule has 0 aromatic rings. The van der Waals surface area contributed by atoms with Gasteiger partial charge in [0, 0.05) is 12.8 Å². The molecule has 4 nitrogen and oxygen atoms in total. The van der Waals surface area contributed by atoms with Crippen molar-refractivity contribution in [2.75, 3.05) is 0 Å². The number of carbonyl (C=O) groups is 2. The minimum Gasteiger partial charge on any atom is -0.481 e. The second-order valence-electron chi connectivity index (χ2n) is 7.11. The Bertz CT molecular complexity index is 376. The zero-order chi connectivity index (χ0) is 19.5. The highest BCUT2D eigenvalue weighted by atomic mass is 16.5. The fourth-order valence-electron chi connectivity index (χ4n) is 2.93. The standard InChI is InChI=1S/C22H40O4/c1-3-5-6-7-8-9-10-11-12-13-14-19-22(25)26-20(16-4-2)17-15-18-21(23)24/h7-8,20H,3-6,9-19H2,1-2H3,(H,23,24)/b8-7-. The number of esters is 1. The van der Waals surface area contributed by atoms with E-state index < -0.39 is 5.97 Å². The maximum Gasteiger partial charge on any atom is 0.306 e. The van der Waals surface area contributed by atoms with E-state index in [1.807, 2.05) is 0 Å². The molecule has 0 amide bonds. The Morgan fingerprint density at radius 1 is 0.808 bits per heavy atom. The molecule has 4 heteroatoms. The van der Waals surface area contributed by atoms with Gasteiger partial charge in [0.05, 0.1) is 0 Å². The Morgan fingerprint density at radius 2 is 1.46 bits per heavy atom. The van der Waals surface area contributed by atoms with Gasteiger partial charge in [-0.15, -0.1) is 0 Å². The summed E-state index contributed by atoms with van der Waals surface area (Å²) in [6.45, 7) is 4.27. The van der Waals surface area contributed by atoms with Crippen molar-refractivity contribution in [2.45, 2.75) is 116 Å². The van der Waals surface area contributed by atoms with Gasteiger partial charge in [-0.1, -0.05) is 64.5 Å². The summed E-state index contributed by atoms with van der Waals surface area (Å²) in [5, 5.41) is 8.70. The van der Waals surface area contributed by atoms with Crippen molar-refractivity contribution in [3.8, 4) is 0 Å². The average molecular weight is 369 g/mol. The van der Waals surface area contributed by atoms with E-state index in [0.717, 1.165) is 25.7 Å². The molecule has 0 radical (unpaired) electrons. The number of hydrogen-bond acceptors (Lipinski definition) is 3. The molecule has 26 heavy (non-hydrogen) atoms. The SMILES string of the molecule is CCCC/C=C\CCCCCCCC(=O)OC(CCC)CCCC(=O)O. The van der Waals surface area contributed by atoms with Crippen LogP contribution in [0.2, 0.25) is 0 Å². The summed E-state index contributed by atoms with van der Waals surface area (Å²) in [7, 11) is 0. The van der Waals surface area contributed by atoms with E-state index in [1.54, 1.807) is 0 Å². The molecule has 0 aliphatic rings. The first-order chi connectivity index (χ1) is 12.6. The van der Waals surface area contributed by atoms with Crippen molar-refractivity contribution in [3.63, 3.8) is 0 Å². The van der Waals surface area contributed by atoms with E-state index >= 15 is 0 Å². The highest BCUT2D eigenvalue weighted by Crippen LogP contribution is 2.14. The Balaban J connectivity index is 3.63. The zero-order valence-corrected chi connectivity index (χ0v) is 17.0. The topological polar surface area (TPSA) is 63.6 Å². The summed E-state index contributed by atoms with van der Waals surface area (Å²) in [6.07, 6.45) is 18.6. The van der Waals surface area contributed by atoms with Crippen LogP contribution in [0.5, 0.6) is 0 Å². The van der Waals surface area contributed by atoms with Crippen LogP contribution in [0, 0.1) is 0 Å². The van der Waals surface area contributed by atoms with Crippen LogP contribution >= 0.6 is 0 Å². The van der Waals surface area contributed by atoms with Gasteiger partial charge in [0.1, 0.15) is 6.10 Å². The summed E-state index contributed by atoms with van der Waals surface area (Å²) < 4.78 is 5.52. The van der Waals surface area contributed by atoms with E-state index in [0.29, 0.717) is 19.3 Å². The Hall–Kier alpha value is -1.32. The lowest BCUT2D eigenvalue weighted by Crippen LogP contribution is -2.18. The van der Waals surface area contributed by atoms with Gasteiger partial charge in [-0.25, -0.2) is 0 Å². The number of ether oxygens (including phenoxy) is 1. The van der Waals surface area contributed by atoms with Gasteiger partial charge in [0.15, 0.2) is 0 Å². The lowest BCUT2D eigenvalue weighted by atomic mass is 10.1. The molecule has 0 saturated heterocycles. The first-order valence-corrected chi connectivity index (χ1v) is 10.7. The molecule has 0 aliphatic carbocycles. The average Bonchev–Trinajstić information content (AvgIpc) is 2.59. The molecule has 0 aromatic heterocycles. The first-order valence-electron chi connectivity index (χ1n) is 10.7. The van der Waals surface area contributed by atoms with Crippen LogP contribution in [0.3, 0.4) is 0 Å². The lowest BCUT2D eigenvalue weighted by molar-refractivity contribution is -0.150. The minimum atomic E-state index is -0.789. The third-order valence-electron chi connectivity index (χ3n) is 4.47. The third-order valence-corrected chi connectivity index (χ3v) is 4.47. The van der Waals surface area contributed by atoms with Crippen molar-refractivity contribution in [1.82, 2.24) is 0 Å². The molecular weight excluding hydrogens is 328 g/mol. The van der Waals surface area contributed by atoms with Gasteiger partial charge in [0.25, 0.3) is 0 Å². The zero-order valence-electron chi connectivity index (χ0n) is 17.0.